The van der Waals surface area contributed by atoms with Crippen LogP contribution in [0, 0.1) is 29.9 Å². The van der Waals surface area contributed by atoms with E-state index in [2.05, 4.69) is 15.5 Å². The fourth-order valence-corrected chi connectivity index (χ4v) is 2.96. The maximum atomic E-state index is 14.3. The second kappa shape index (κ2) is 8.53. The minimum Gasteiger partial charge on any atom is -0.481 e. The highest BCUT2D eigenvalue weighted by Gasteiger charge is 2.14. The first kappa shape index (κ1) is 20.7. The summed E-state index contributed by atoms with van der Waals surface area (Å²) >= 11 is 0. The third-order valence-electron chi connectivity index (χ3n) is 4.54. The molecule has 152 valence electrons. The zero-order chi connectivity index (χ0) is 21.8. The van der Waals surface area contributed by atoms with Crippen LogP contribution in [0.3, 0.4) is 0 Å². The van der Waals surface area contributed by atoms with E-state index in [9.17, 15) is 18.4 Å². The van der Waals surface area contributed by atoms with Gasteiger partial charge in [-0.2, -0.15) is 10.4 Å². The van der Waals surface area contributed by atoms with Crippen LogP contribution in [0.5, 0.6) is 0 Å². The number of anilines is 1. The van der Waals surface area contributed by atoms with Gasteiger partial charge in [-0.3, -0.25) is 14.7 Å². The highest BCUT2D eigenvalue weighted by molar-refractivity contribution is 6.03. The Morgan fingerprint density at radius 1 is 1.30 bits per heavy atom. The molecule has 0 saturated heterocycles. The molecular formula is C21H16F2N4O3. The van der Waals surface area contributed by atoms with Gasteiger partial charge >= 0.3 is 5.97 Å². The van der Waals surface area contributed by atoms with Crippen molar-refractivity contribution in [1.82, 2.24) is 10.2 Å². The number of nitriles is 1. The number of carboxylic acids is 1. The van der Waals surface area contributed by atoms with Crippen LogP contribution in [0.25, 0.3) is 17.0 Å². The Balaban J connectivity index is 1.84. The standard InChI is InChI=1S/C21H16F2N4O3/c1-11-15(22)5-2-12(4-7-20(29)30)21(11)25-19(28)6-3-13-8-17-14(9-16(13)23)18(10-24)27-26-17/h2-3,5-6,8-9H,4,7H2,1H3,(H,25,28)(H,26,27)(H,29,30)/b6-3+. The fourth-order valence-electron chi connectivity index (χ4n) is 2.96. The highest BCUT2D eigenvalue weighted by atomic mass is 19.1. The minimum atomic E-state index is -1.02. The highest BCUT2D eigenvalue weighted by Crippen LogP contribution is 2.25. The van der Waals surface area contributed by atoms with Gasteiger partial charge in [0.25, 0.3) is 0 Å². The van der Waals surface area contributed by atoms with Gasteiger partial charge in [-0.15, -0.1) is 0 Å². The number of carbonyl (C=O) groups is 2. The van der Waals surface area contributed by atoms with Crippen molar-refractivity contribution in [3.63, 3.8) is 0 Å². The largest absolute Gasteiger partial charge is 0.481 e. The van der Waals surface area contributed by atoms with Crippen LogP contribution in [0.15, 0.2) is 30.3 Å². The third kappa shape index (κ3) is 4.33. The number of H-pyrrole nitrogens is 1. The van der Waals surface area contributed by atoms with Gasteiger partial charge in [0, 0.05) is 29.0 Å². The zero-order valence-corrected chi connectivity index (χ0v) is 15.8. The lowest BCUT2D eigenvalue weighted by atomic mass is 10.0. The molecule has 0 aliphatic rings. The van der Waals surface area contributed by atoms with Gasteiger partial charge in [-0.1, -0.05) is 6.07 Å². The summed E-state index contributed by atoms with van der Waals surface area (Å²) in [7, 11) is 0. The topological polar surface area (TPSA) is 119 Å². The number of hydrogen-bond donors (Lipinski definition) is 3. The molecule has 3 N–H and O–H groups in total. The Hall–Kier alpha value is -4.06. The van der Waals surface area contributed by atoms with Crippen molar-refractivity contribution in [2.24, 2.45) is 0 Å². The van der Waals surface area contributed by atoms with E-state index in [1.54, 1.807) is 0 Å². The molecule has 1 amide bonds. The molecule has 0 unspecified atom stereocenters. The van der Waals surface area contributed by atoms with Crippen molar-refractivity contribution in [3.8, 4) is 6.07 Å². The second-order valence-corrected chi connectivity index (χ2v) is 6.53. The number of halogens is 2. The molecular weight excluding hydrogens is 394 g/mol. The maximum absolute atomic E-state index is 14.3. The number of fused-ring (bicyclic) bond motifs is 1. The van der Waals surface area contributed by atoms with Crippen molar-refractivity contribution < 1.29 is 23.5 Å². The molecule has 0 radical (unpaired) electrons. The number of amides is 1. The fraction of sp³-hybridized carbons (Fsp3) is 0.143. The molecule has 30 heavy (non-hydrogen) atoms. The molecule has 7 nitrogen and oxygen atoms in total. The van der Waals surface area contributed by atoms with E-state index in [1.807, 2.05) is 6.07 Å². The number of benzene rings is 2. The number of nitrogens with one attached hydrogen (secondary N) is 2. The van der Waals surface area contributed by atoms with E-state index in [0.717, 1.165) is 12.1 Å². The lowest BCUT2D eigenvalue weighted by Gasteiger charge is -2.13. The number of aromatic nitrogens is 2. The molecule has 0 fully saturated rings. The SMILES string of the molecule is Cc1c(F)ccc(CCC(=O)O)c1NC(=O)/C=C/c1cc2[nH]nc(C#N)c2cc1F. The molecule has 0 aliphatic carbocycles. The molecule has 0 aliphatic heterocycles. The molecule has 3 aromatic rings. The minimum absolute atomic E-state index is 0.0626. The van der Waals surface area contributed by atoms with Gasteiger partial charge in [0.05, 0.1) is 11.2 Å². The number of aromatic amines is 1. The number of rotatable bonds is 6. The number of carbonyl (C=O) groups excluding carboxylic acids is 1. The second-order valence-electron chi connectivity index (χ2n) is 6.53. The van der Waals surface area contributed by atoms with Crippen molar-refractivity contribution in [1.29, 1.82) is 5.26 Å². The van der Waals surface area contributed by atoms with Crippen LogP contribution >= 0.6 is 0 Å². The molecule has 9 heteroatoms. The van der Waals surface area contributed by atoms with Gasteiger partial charge in [0.1, 0.15) is 17.7 Å². The van der Waals surface area contributed by atoms with Gasteiger partial charge < -0.3 is 10.4 Å². The summed E-state index contributed by atoms with van der Waals surface area (Å²) in [5, 5.41) is 27.1. The van der Waals surface area contributed by atoms with E-state index in [4.69, 9.17) is 10.4 Å². The molecule has 0 saturated carbocycles. The van der Waals surface area contributed by atoms with E-state index in [1.165, 1.54) is 31.2 Å². The summed E-state index contributed by atoms with van der Waals surface area (Å²) in [4.78, 5) is 23.2. The van der Waals surface area contributed by atoms with Crippen LogP contribution in [0.2, 0.25) is 0 Å². The van der Waals surface area contributed by atoms with Crippen molar-refractivity contribution >= 4 is 34.5 Å². The Kier molecular flexibility index (Phi) is 5.88. The molecule has 2 aromatic carbocycles. The van der Waals surface area contributed by atoms with Crippen molar-refractivity contribution in [3.05, 3.63) is 64.4 Å². The average Bonchev–Trinajstić information content (AvgIpc) is 3.10. The normalized spacial score (nSPS) is 11.0. The number of aryl methyl sites for hydroxylation is 1. The summed E-state index contributed by atoms with van der Waals surface area (Å²) in [5.74, 6) is -2.84. The summed E-state index contributed by atoms with van der Waals surface area (Å²) in [6.07, 6.45) is 2.26. The third-order valence-corrected chi connectivity index (χ3v) is 4.54. The summed E-state index contributed by atoms with van der Waals surface area (Å²) in [5.41, 5.74) is 1.43. The molecule has 1 aromatic heterocycles. The van der Waals surface area contributed by atoms with E-state index >= 15 is 0 Å². The zero-order valence-electron chi connectivity index (χ0n) is 15.8. The summed E-state index contributed by atoms with van der Waals surface area (Å²) < 4.78 is 28.2. The molecule has 1 heterocycles. The molecule has 0 atom stereocenters. The lowest BCUT2D eigenvalue weighted by molar-refractivity contribution is -0.136. The van der Waals surface area contributed by atoms with Crippen LogP contribution in [-0.2, 0) is 16.0 Å². The van der Waals surface area contributed by atoms with Crippen LogP contribution < -0.4 is 5.32 Å². The maximum Gasteiger partial charge on any atom is 0.303 e. The molecule has 3 rings (SSSR count). The predicted molar refractivity (Wildman–Crippen MR) is 106 cm³/mol. The Bertz CT molecular complexity index is 1230. The van der Waals surface area contributed by atoms with Gasteiger partial charge in [-0.05, 0) is 43.2 Å². The van der Waals surface area contributed by atoms with E-state index in [-0.39, 0.29) is 35.3 Å². The number of nitrogens with zero attached hydrogens (tertiary/aromatic N) is 2. The number of aliphatic carboxylic acids is 1. The smallest absolute Gasteiger partial charge is 0.303 e. The van der Waals surface area contributed by atoms with Crippen LogP contribution in [-0.4, -0.2) is 27.2 Å². The van der Waals surface area contributed by atoms with E-state index in [0.29, 0.717) is 16.5 Å². The van der Waals surface area contributed by atoms with Gasteiger partial charge in [-0.25, -0.2) is 8.78 Å². The van der Waals surface area contributed by atoms with Crippen molar-refractivity contribution in [2.75, 3.05) is 5.32 Å². The van der Waals surface area contributed by atoms with Gasteiger partial charge in [0.2, 0.25) is 5.91 Å². The monoisotopic (exact) mass is 410 g/mol. The van der Waals surface area contributed by atoms with Crippen molar-refractivity contribution in [2.45, 2.75) is 19.8 Å². The first-order valence-corrected chi connectivity index (χ1v) is 8.86. The Morgan fingerprint density at radius 3 is 2.77 bits per heavy atom. The molecule has 0 bridgehead atoms. The number of hydrogen-bond acceptors (Lipinski definition) is 4. The van der Waals surface area contributed by atoms with E-state index < -0.39 is 23.5 Å². The lowest BCUT2D eigenvalue weighted by Crippen LogP contribution is -2.13. The average molecular weight is 410 g/mol. The Morgan fingerprint density at radius 2 is 2.07 bits per heavy atom. The Labute approximate surface area is 169 Å². The first-order valence-electron chi connectivity index (χ1n) is 8.86. The van der Waals surface area contributed by atoms with Crippen LogP contribution in [0.1, 0.15) is 28.8 Å². The first-order chi connectivity index (χ1) is 14.3. The number of carboxylic acid groups (broad SMARTS) is 1. The molecule has 0 spiro atoms. The quantitative estimate of drug-likeness (QED) is 0.536. The van der Waals surface area contributed by atoms with Gasteiger partial charge in [0.15, 0.2) is 5.69 Å². The summed E-state index contributed by atoms with van der Waals surface area (Å²) in [6.45, 7) is 1.47. The summed E-state index contributed by atoms with van der Waals surface area (Å²) in [6, 6.07) is 7.04. The predicted octanol–water partition coefficient (Wildman–Crippen LogP) is 3.69. The van der Waals surface area contributed by atoms with Crippen LogP contribution in [0.4, 0.5) is 14.5 Å².